The third-order valence-corrected chi connectivity index (χ3v) is 2.70. The number of carboxylic acids is 1. The molecule has 1 aromatic carbocycles. The van der Waals surface area contributed by atoms with Crippen LogP contribution in [0.15, 0.2) is 12.1 Å². The topological polar surface area (TPSA) is 76.0 Å². The molecule has 0 aromatic heterocycles. The van der Waals surface area contributed by atoms with Gasteiger partial charge in [0, 0.05) is 5.56 Å². The zero-order valence-electron chi connectivity index (χ0n) is 9.72. The first-order valence-corrected chi connectivity index (χ1v) is 5.49. The fourth-order valence-corrected chi connectivity index (χ4v) is 1.83. The van der Waals surface area contributed by atoms with Gasteiger partial charge in [-0.3, -0.25) is 0 Å². The molecule has 0 aliphatic carbocycles. The molecule has 0 fully saturated rings. The van der Waals surface area contributed by atoms with Crippen molar-refractivity contribution in [1.82, 2.24) is 0 Å². The standard InChI is InChI=1S/C12H13FO5/c1-6(13)7-4-9-10(18-3-2-17-9)5-8(7)11(14)12(15)16/h4-6,11,14H,2-3H2,1H3,(H,15,16). The maximum absolute atomic E-state index is 13.5. The minimum Gasteiger partial charge on any atom is -0.486 e. The molecule has 1 aromatic rings. The molecule has 2 unspecified atom stereocenters. The molecule has 0 saturated heterocycles. The third kappa shape index (κ3) is 2.24. The Balaban J connectivity index is 2.52. The first-order valence-electron chi connectivity index (χ1n) is 5.49. The summed E-state index contributed by atoms with van der Waals surface area (Å²) in [5, 5.41) is 18.4. The lowest BCUT2D eigenvalue weighted by atomic mass is 9.98. The Labute approximate surface area is 103 Å². The van der Waals surface area contributed by atoms with Crippen molar-refractivity contribution in [3.05, 3.63) is 23.3 Å². The molecule has 1 heterocycles. The lowest BCUT2D eigenvalue weighted by Gasteiger charge is -2.22. The zero-order chi connectivity index (χ0) is 13.3. The number of alkyl halides is 1. The summed E-state index contributed by atoms with van der Waals surface area (Å²) in [4.78, 5) is 10.8. The Hall–Kier alpha value is -1.82. The normalized spacial score (nSPS) is 17.1. The largest absolute Gasteiger partial charge is 0.486 e. The highest BCUT2D eigenvalue weighted by atomic mass is 19.1. The molecule has 0 spiro atoms. The van der Waals surface area contributed by atoms with Crippen molar-refractivity contribution >= 4 is 5.97 Å². The van der Waals surface area contributed by atoms with E-state index in [2.05, 4.69) is 0 Å². The SMILES string of the molecule is CC(F)c1cc2c(cc1C(O)C(=O)O)OCCO2. The molecule has 0 bridgehead atoms. The van der Waals surface area contributed by atoms with Crippen molar-refractivity contribution in [3.8, 4) is 11.5 Å². The average molecular weight is 256 g/mol. The summed E-state index contributed by atoms with van der Waals surface area (Å²) < 4.78 is 24.1. The van der Waals surface area contributed by atoms with Crippen LogP contribution in [0.3, 0.4) is 0 Å². The maximum atomic E-state index is 13.5. The quantitative estimate of drug-likeness (QED) is 0.859. The number of rotatable bonds is 3. The van der Waals surface area contributed by atoms with E-state index in [0.717, 1.165) is 0 Å². The van der Waals surface area contributed by atoms with Crippen molar-refractivity contribution < 1.29 is 28.9 Å². The Bertz CT molecular complexity index is 472. The number of halogens is 1. The molecule has 1 aliphatic rings. The van der Waals surface area contributed by atoms with Crippen LogP contribution in [0.1, 0.15) is 30.3 Å². The molecule has 2 N–H and O–H groups in total. The van der Waals surface area contributed by atoms with Crippen LogP contribution >= 0.6 is 0 Å². The molecule has 2 atom stereocenters. The van der Waals surface area contributed by atoms with Crippen molar-refractivity contribution in [2.24, 2.45) is 0 Å². The van der Waals surface area contributed by atoms with Crippen LogP contribution in [0.2, 0.25) is 0 Å². The van der Waals surface area contributed by atoms with Gasteiger partial charge in [-0.05, 0) is 24.6 Å². The first kappa shape index (κ1) is 12.6. The molecule has 98 valence electrons. The number of ether oxygens (including phenoxy) is 2. The van der Waals surface area contributed by atoms with Crippen LogP contribution in [-0.2, 0) is 4.79 Å². The summed E-state index contributed by atoms with van der Waals surface area (Å²) in [5.74, 6) is -0.753. The summed E-state index contributed by atoms with van der Waals surface area (Å²) >= 11 is 0. The van der Waals surface area contributed by atoms with Crippen LogP contribution in [0.25, 0.3) is 0 Å². The monoisotopic (exact) mass is 256 g/mol. The van der Waals surface area contributed by atoms with Crippen LogP contribution in [0, 0.1) is 0 Å². The Morgan fingerprint density at radius 2 is 1.78 bits per heavy atom. The molecule has 0 radical (unpaired) electrons. The highest BCUT2D eigenvalue weighted by molar-refractivity contribution is 5.75. The highest BCUT2D eigenvalue weighted by Gasteiger charge is 2.26. The Morgan fingerprint density at radius 3 is 2.22 bits per heavy atom. The van der Waals surface area contributed by atoms with Crippen LogP contribution in [0.4, 0.5) is 4.39 Å². The second-order valence-electron chi connectivity index (χ2n) is 3.98. The van der Waals surface area contributed by atoms with Crippen molar-refractivity contribution in [2.75, 3.05) is 13.2 Å². The van der Waals surface area contributed by atoms with Gasteiger partial charge >= 0.3 is 5.97 Å². The zero-order valence-corrected chi connectivity index (χ0v) is 9.72. The number of carbonyl (C=O) groups is 1. The van der Waals surface area contributed by atoms with Gasteiger partial charge in [-0.1, -0.05) is 0 Å². The van der Waals surface area contributed by atoms with Crippen LogP contribution in [0.5, 0.6) is 11.5 Å². The van der Waals surface area contributed by atoms with E-state index in [4.69, 9.17) is 14.6 Å². The van der Waals surface area contributed by atoms with Crippen LogP contribution in [-0.4, -0.2) is 29.4 Å². The number of carboxylic acid groups (broad SMARTS) is 1. The highest BCUT2D eigenvalue weighted by Crippen LogP contribution is 2.38. The predicted molar refractivity (Wildman–Crippen MR) is 59.6 cm³/mol. The van der Waals surface area contributed by atoms with Crippen molar-refractivity contribution in [1.29, 1.82) is 0 Å². The smallest absolute Gasteiger partial charge is 0.337 e. The van der Waals surface area contributed by atoms with Gasteiger partial charge in [-0.2, -0.15) is 0 Å². The van der Waals surface area contributed by atoms with E-state index < -0.39 is 18.2 Å². The second kappa shape index (κ2) is 4.81. The van der Waals surface area contributed by atoms with Gasteiger partial charge < -0.3 is 19.7 Å². The number of aliphatic hydroxyl groups is 1. The number of benzene rings is 1. The molecule has 0 amide bonds. The van der Waals surface area contributed by atoms with Crippen molar-refractivity contribution in [2.45, 2.75) is 19.2 Å². The minimum atomic E-state index is -1.78. The number of aliphatic carboxylic acids is 1. The van der Waals surface area contributed by atoms with Gasteiger partial charge in [-0.15, -0.1) is 0 Å². The fourth-order valence-electron chi connectivity index (χ4n) is 1.83. The lowest BCUT2D eigenvalue weighted by Crippen LogP contribution is -2.18. The number of aliphatic hydroxyl groups excluding tert-OH is 1. The Kier molecular flexibility index (Phi) is 3.38. The number of hydrogen-bond acceptors (Lipinski definition) is 4. The Morgan fingerprint density at radius 1 is 1.28 bits per heavy atom. The van der Waals surface area contributed by atoms with Gasteiger partial charge in [-0.25, -0.2) is 9.18 Å². The van der Waals surface area contributed by atoms with E-state index in [9.17, 15) is 14.3 Å². The minimum absolute atomic E-state index is 0.0123. The van der Waals surface area contributed by atoms with E-state index in [1.54, 1.807) is 0 Å². The van der Waals surface area contributed by atoms with E-state index in [-0.39, 0.29) is 11.1 Å². The van der Waals surface area contributed by atoms with Gasteiger partial charge in [0.1, 0.15) is 19.4 Å². The van der Waals surface area contributed by atoms with Crippen molar-refractivity contribution in [3.63, 3.8) is 0 Å². The number of fused-ring (bicyclic) bond motifs is 1. The van der Waals surface area contributed by atoms with Gasteiger partial charge in [0.05, 0.1) is 0 Å². The number of hydrogen-bond donors (Lipinski definition) is 2. The van der Waals surface area contributed by atoms with E-state index >= 15 is 0 Å². The molecule has 0 saturated carbocycles. The molecule has 2 rings (SSSR count). The van der Waals surface area contributed by atoms with Gasteiger partial charge in [0.25, 0.3) is 0 Å². The maximum Gasteiger partial charge on any atom is 0.337 e. The van der Waals surface area contributed by atoms with Gasteiger partial charge in [0.2, 0.25) is 0 Å². The summed E-state index contributed by atoms with van der Waals surface area (Å²) in [6.45, 7) is 1.96. The third-order valence-electron chi connectivity index (χ3n) is 2.70. The summed E-state index contributed by atoms with van der Waals surface area (Å²) in [7, 11) is 0. The first-order chi connectivity index (χ1) is 8.50. The summed E-state index contributed by atoms with van der Waals surface area (Å²) in [5.41, 5.74) is 0.0795. The van der Waals surface area contributed by atoms with Gasteiger partial charge in [0.15, 0.2) is 17.6 Å². The molecular weight excluding hydrogens is 243 g/mol. The molecule has 6 heteroatoms. The average Bonchev–Trinajstić information content (AvgIpc) is 2.36. The molecule has 18 heavy (non-hydrogen) atoms. The van der Waals surface area contributed by atoms with E-state index in [1.165, 1.54) is 19.1 Å². The predicted octanol–water partition coefficient (Wildman–Crippen LogP) is 1.61. The fraction of sp³-hybridized carbons (Fsp3) is 0.417. The van der Waals surface area contributed by atoms with Crippen LogP contribution < -0.4 is 9.47 Å². The molecule has 5 nitrogen and oxygen atoms in total. The van der Waals surface area contributed by atoms with E-state index in [1.807, 2.05) is 0 Å². The lowest BCUT2D eigenvalue weighted by molar-refractivity contribution is -0.147. The summed E-state index contributed by atoms with van der Waals surface area (Å²) in [6, 6.07) is 2.69. The van der Waals surface area contributed by atoms with E-state index in [0.29, 0.717) is 24.7 Å². The molecular formula is C12H13FO5. The molecule has 1 aliphatic heterocycles. The second-order valence-corrected chi connectivity index (χ2v) is 3.98. The summed E-state index contributed by atoms with van der Waals surface area (Å²) in [6.07, 6.45) is -3.20.